The highest BCUT2D eigenvalue weighted by Crippen LogP contribution is 2.48. The highest BCUT2D eigenvalue weighted by atomic mass is 28.4. The van der Waals surface area contributed by atoms with Crippen molar-refractivity contribution >= 4 is 20.6 Å². The monoisotopic (exact) mass is 490 g/mol. The number of aldehydes is 1. The molecule has 194 valence electrons. The van der Waals surface area contributed by atoms with Crippen LogP contribution < -0.4 is 0 Å². The first-order chi connectivity index (χ1) is 14.8. The van der Waals surface area contributed by atoms with Crippen LogP contribution in [0.3, 0.4) is 0 Å². The Labute approximate surface area is 200 Å². The summed E-state index contributed by atoms with van der Waals surface area (Å²) in [4.78, 5) is 35.1. The minimum absolute atomic E-state index is 0.140. The molecule has 1 unspecified atom stereocenters. The van der Waals surface area contributed by atoms with Gasteiger partial charge in [0.05, 0.1) is 13.2 Å². The summed E-state index contributed by atoms with van der Waals surface area (Å²) in [6, 6.07) is 0. The van der Waals surface area contributed by atoms with Gasteiger partial charge in [-0.15, -0.1) is 0 Å². The van der Waals surface area contributed by atoms with Crippen LogP contribution in [-0.4, -0.2) is 72.4 Å². The Balaban J connectivity index is 3.49. The van der Waals surface area contributed by atoms with Crippen LogP contribution in [0.5, 0.6) is 0 Å². The van der Waals surface area contributed by atoms with E-state index in [4.69, 9.17) is 9.47 Å². The number of rotatable bonds is 12. The molecule has 1 rings (SSSR count). The molecule has 0 bridgehead atoms. The standard InChI is InChI=1S/C24H46O8Si/c1-15(2)11-16(3)12-17(13-22(4,5)33(9,10)29)18-20(32-23(6,7)31-18)24(28,14-25)19(26)21(27)30-8/h14-20,26,28-29H,11-13H2,1-10H3/t16?,17-,18+,19+,20-,24-/m1/s1. The molecule has 0 spiro atoms. The number of ether oxygens (including phenoxy) is 3. The lowest BCUT2D eigenvalue weighted by Crippen LogP contribution is -2.61. The van der Waals surface area contributed by atoms with Crippen LogP contribution in [0.2, 0.25) is 18.1 Å². The maximum Gasteiger partial charge on any atom is 0.338 e. The maximum absolute atomic E-state index is 12.1. The van der Waals surface area contributed by atoms with Crippen LogP contribution in [0.4, 0.5) is 0 Å². The molecule has 9 heteroatoms. The van der Waals surface area contributed by atoms with E-state index in [0.717, 1.165) is 13.5 Å². The van der Waals surface area contributed by atoms with Crippen molar-refractivity contribution < 1.29 is 38.8 Å². The topological polar surface area (TPSA) is 123 Å². The van der Waals surface area contributed by atoms with Gasteiger partial charge in [-0.05, 0) is 69.0 Å². The molecule has 33 heavy (non-hydrogen) atoms. The molecule has 0 amide bonds. The second kappa shape index (κ2) is 10.8. The van der Waals surface area contributed by atoms with Gasteiger partial charge in [0.15, 0.2) is 32.1 Å². The van der Waals surface area contributed by atoms with Crippen LogP contribution in [0.1, 0.15) is 67.7 Å². The fourth-order valence-electron chi connectivity index (χ4n) is 4.74. The summed E-state index contributed by atoms with van der Waals surface area (Å²) in [7, 11) is -1.52. The summed E-state index contributed by atoms with van der Waals surface area (Å²) in [5.41, 5.74) is -2.55. The van der Waals surface area contributed by atoms with E-state index >= 15 is 0 Å². The summed E-state index contributed by atoms with van der Waals surface area (Å²) < 4.78 is 16.8. The molecule has 8 nitrogen and oxygen atoms in total. The van der Waals surface area contributed by atoms with E-state index in [2.05, 4.69) is 25.5 Å². The SMILES string of the molecule is COC(=O)[C@H](O)[C@](O)(C=O)[C@@H]1OC(C)(C)O[C@H]1[C@H](CC(C)CC(C)C)CC(C)(C)[Si](C)(C)O. The summed E-state index contributed by atoms with van der Waals surface area (Å²) >= 11 is 0. The number of hydrogen-bond donors (Lipinski definition) is 3. The molecule has 1 saturated heterocycles. The van der Waals surface area contributed by atoms with E-state index in [9.17, 15) is 24.6 Å². The summed E-state index contributed by atoms with van der Waals surface area (Å²) in [6.45, 7) is 17.6. The third kappa shape index (κ3) is 7.32. The summed E-state index contributed by atoms with van der Waals surface area (Å²) in [6.07, 6.45) is -1.84. The zero-order valence-corrected chi connectivity index (χ0v) is 23.0. The molecule has 0 aromatic rings. The van der Waals surface area contributed by atoms with E-state index in [1.165, 1.54) is 0 Å². The number of carbonyl (C=O) groups is 2. The molecule has 0 aliphatic carbocycles. The highest BCUT2D eigenvalue weighted by Gasteiger charge is 2.60. The second-order valence-electron chi connectivity index (χ2n) is 11.8. The van der Waals surface area contributed by atoms with E-state index in [-0.39, 0.29) is 12.2 Å². The van der Waals surface area contributed by atoms with E-state index in [0.29, 0.717) is 24.7 Å². The van der Waals surface area contributed by atoms with Crippen LogP contribution in [0.25, 0.3) is 0 Å². The molecule has 3 N–H and O–H groups in total. The first-order valence-corrected chi connectivity index (χ1v) is 14.8. The van der Waals surface area contributed by atoms with Crippen molar-refractivity contribution in [2.24, 2.45) is 17.8 Å². The highest BCUT2D eigenvalue weighted by molar-refractivity contribution is 6.72. The Morgan fingerprint density at radius 1 is 1.18 bits per heavy atom. The molecule has 0 aromatic carbocycles. The largest absolute Gasteiger partial charge is 0.467 e. The van der Waals surface area contributed by atoms with Crippen molar-refractivity contribution in [3.8, 4) is 0 Å². The van der Waals surface area contributed by atoms with Gasteiger partial charge in [-0.3, -0.25) is 4.79 Å². The van der Waals surface area contributed by atoms with Crippen LogP contribution in [-0.2, 0) is 23.8 Å². The van der Waals surface area contributed by atoms with E-state index < -0.39 is 49.0 Å². The number of carbonyl (C=O) groups excluding carboxylic acids is 2. The molecular weight excluding hydrogens is 444 g/mol. The van der Waals surface area contributed by atoms with Crippen molar-refractivity contribution in [2.75, 3.05) is 7.11 Å². The lowest BCUT2D eigenvalue weighted by atomic mass is 9.76. The summed E-state index contributed by atoms with van der Waals surface area (Å²) in [5, 5.41) is 21.3. The number of esters is 1. The molecule has 6 atom stereocenters. The van der Waals surface area contributed by atoms with Gasteiger partial charge in [-0.2, -0.15) is 0 Å². The third-order valence-corrected chi connectivity index (χ3v) is 10.6. The Hall–Kier alpha value is -0.843. The van der Waals surface area contributed by atoms with E-state index in [1.807, 2.05) is 26.9 Å². The van der Waals surface area contributed by atoms with Gasteiger partial charge in [0, 0.05) is 0 Å². The molecule has 0 radical (unpaired) electrons. The average molecular weight is 491 g/mol. The van der Waals surface area contributed by atoms with E-state index in [1.54, 1.807) is 13.8 Å². The molecule has 1 heterocycles. The van der Waals surface area contributed by atoms with Crippen molar-refractivity contribution in [1.82, 2.24) is 0 Å². The quantitative estimate of drug-likeness (QED) is 0.217. The van der Waals surface area contributed by atoms with Gasteiger partial charge in [0.2, 0.25) is 0 Å². The van der Waals surface area contributed by atoms with Crippen molar-refractivity contribution in [3.63, 3.8) is 0 Å². The number of aliphatic hydroxyl groups excluding tert-OH is 1. The number of methoxy groups -OCH3 is 1. The molecular formula is C24H46O8Si. The van der Waals surface area contributed by atoms with Crippen LogP contribution in [0, 0.1) is 17.8 Å². The Kier molecular flexibility index (Phi) is 9.90. The lowest BCUT2D eigenvalue weighted by Gasteiger charge is -2.42. The van der Waals surface area contributed by atoms with Gasteiger partial charge >= 0.3 is 5.97 Å². The lowest BCUT2D eigenvalue weighted by molar-refractivity contribution is -0.199. The Morgan fingerprint density at radius 2 is 1.73 bits per heavy atom. The van der Waals surface area contributed by atoms with Crippen molar-refractivity contribution in [1.29, 1.82) is 0 Å². The zero-order valence-electron chi connectivity index (χ0n) is 22.0. The Bertz CT molecular complexity index is 672. The van der Waals surface area contributed by atoms with Gasteiger partial charge in [-0.1, -0.05) is 34.6 Å². The van der Waals surface area contributed by atoms with Crippen molar-refractivity contribution in [3.05, 3.63) is 0 Å². The number of hydrogen-bond acceptors (Lipinski definition) is 8. The zero-order chi connectivity index (χ0) is 26.0. The number of aliphatic hydroxyl groups is 2. The second-order valence-corrected chi connectivity index (χ2v) is 16.3. The molecule has 1 aliphatic heterocycles. The van der Waals surface area contributed by atoms with Crippen molar-refractivity contribution in [2.45, 2.75) is 116 Å². The predicted octanol–water partition coefficient (Wildman–Crippen LogP) is 3.03. The molecule has 1 aliphatic rings. The van der Waals surface area contributed by atoms with Crippen LogP contribution in [0.15, 0.2) is 0 Å². The molecule has 0 aromatic heterocycles. The fraction of sp³-hybridized carbons (Fsp3) is 0.917. The van der Waals surface area contributed by atoms with Gasteiger partial charge in [0.1, 0.15) is 6.10 Å². The van der Waals surface area contributed by atoms with Gasteiger partial charge in [-0.25, -0.2) is 4.79 Å². The average Bonchev–Trinajstić information content (AvgIpc) is 2.99. The molecule has 0 saturated carbocycles. The Morgan fingerprint density at radius 3 is 2.15 bits per heavy atom. The summed E-state index contributed by atoms with van der Waals surface area (Å²) in [5.74, 6) is -1.71. The van der Waals surface area contributed by atoms with Crippen LogP contribution >= 0.6 is 0 Å². The smallest absolute Gasteiger partial charge is 0.338 e. The predicted molar refractivity (Wildman–Crippen MR) is 128 cm³/mol. The van der Waals surface area contributed by atoms with Gasteiger partial charge < -0.3 is 29.2 Å². The maximum atomic E-state index is 12.1. The fourth-order valence-corrected chi connectivity index (χ4v) is 5.50. The molecule has 1 fully saturated rings. The third-order valence-electron chi connectivity index (χ3n) is 7.11. The first-order valence-electron chi connectivity index (χ1n) is 11.8. The first kappa shape index (κ1) is 30.2. The van der Waals surface area contributed by atoms with Gasteiger partial charge in [0.25, 0.3) is 0 Å². The minimum atomic E-state index is -2.59. The minimum Gasteiger partial charge on any atom is -0.467 e. The normalized spacial score (nSPS) is 25.9.